The molecule has 0 bridgehead atoms. The van der Waals surface area contributed by atoms with E-state index in [2.05, 4.69) is 78.1 Å². The number of aromatic nitrogens is 6. The Bertz CT molecular complexity index is 2280. The molecule has 55 heavy (non-hydrogen) atoms. The molecule has 2 aliphatic rings. The Morgan fingerprint density at radius 1 is 0.909 bits per heavy atom. The zero-order valence-corrected chi connectivity index (χ0v) is 33.9. The molecular weight excluding hydrogens is 754 g/mol. The Hall–Kier alpha value is -4.70. The third-order valence-corrected chi connectivity index (χ3v) is 16.0. The SMILES string of the molecule is COc1ccc(C(OC2[C@H]3O[C@@H](n4cnc5c(N)nc(Cl)nc54)C(O[Si](C)(C)C(C)(C)C)[C@@]23OC(=S)n2ccnc2)(c2ccccc2)c2ccccc2)cc1. The van der Waals surface area contributed by atoms with Crippen molar-refractivity contribution in [2.24, 2.45) is 0 Å². The number of anilines is 1. The van der Waals surface area contributed by atoms with Crippen LogP contribution in [0.25, 0.3) is 11.2 Å². The second-order valence-corrected chi connectivity index (χ2v) is 20.8. The fraction of sp³-hybridized carbons (Fsp3) is 0.325. The van der Waals surface area contributed by atoms with Crippen LogP contribution >= 0.6 is 23.8 Å². The van der Waals surface area contributed by atoms with E-state index in [1.807, 2.05) is 60.7 Å². The van der Waals surface area contributed by atoms with Crippen molar-refractivity contribution in [3.63, 3.8) is 0 Å². The number of benzene rings is 3. The first kappa shape index (κ1) is 37.2. The van der Waals surface area contributed by atoms with E-state index in [0.29, 0.717) is 11.2 Å². The number of fused-ring (bicyclic) bond motifs is 2. The molecular formula is C40H42ClN7O5SSi. The molecule has 2 N–H and O–H groups in total. The van der Waals surface area contributed by atoms with E-state index in [4.69, 9.17) is 52.9 Å². The van der Waals surface area contributed by atoms with Gasteiger partial charge in [-0.25, -0.2) is 9.97 Å². The van der Waals surface area contributed by atoms with Gasteiger partial charge in [0.25, 0.3) is 5.17 Å². The summed E-state index contributed by atoms with van der Waals surface area (Å²) in [6.07, 6.45) is 3.66. The highest BCUT2D eigenvalue weighted by Crippen LogP contribution is 2.63. The highest BCUT2D eigenvalue weighted by molar-refractivity contribution is 7.80. The summed E-state index contributed by atoms with van der Waals surface area (Å²) in [6, 6.07) is 28.2. The Morgan fingerprint density at radius 3 is 2.13 bits per heavy atom. The van der Waals surface area contributed by atoms with Crippen LogP contribution in [0.4, 0.5) is 5.82 Å². The van der Waals surface area contributed by atoms with Crippen molar-refractivity contribution in [3.05, 3.63) is 132 Å². The van der Waals surface area contributed by atoms with E-state index in [9.17, 15) is 0 Å². The van der Waals surface area contributed by atoms with E-state index >= 15 is 0 Å². The lowest BCUT2D eigenvalue weighted by atomic mass is 9.80. The molecule has 2 fully saturated rings. The second kappa shape index (κ2) is 13.8. The quantitative estimate of drug-likeness (QED) is 0.0639. The molecule has 8 rings (SSSR count). The van der Waals surface area contributed by atoms with Crippen LogP contribution < -0.4 is 10.5 Å². The minimum absolute atomic E-state index is 0.0137. The number of nitrogens with two attached hydrogens (primary N) is 1. The molecule has 15 heteroatoms. The average molecular weight is 796 g/mol. The number of nitrogens with zero attached hydrogens (tertiary/aromatic N) is 6. The number of imidazole rings is 2. The number of thiocarbonyl (C=S) groups is 1. The van der Waals surface area contributed by atoms with Crippen molar-refractivity contribution in [3.8, 4) is 5.75 Å². The number of nitrogen functional groups attached to an aromatic ring is 1. The summed E-state index contributed by atoms with van der Waals surface area (Å²) >= 11 is 12.3. The maximum atomic E-state index is 7.66. The summed E-state index contributed by atoms with van der Waals surface area (Å²) in [5, 5.41) is -0.0395. The van der Waals surface area contributed by atoms with Crippen LogP contribution in [0, 0.1) is 0 Å². The number of hydrogen-bond acceptors (Lipinski definition) is 11. The van der Waals surface area contributed by atoms with Crippen LogP contribution in [0.3, 0.4) is 0 Å². The highest BCUT2D eigenvalue weighted by atomic mass is 35.5. The summed E-state index contributed by atoms with van der Waals surface area (Å²) in [7, 11) is -0.943. The maximum absolute atomic E-state index is 7.66. The normalized spacial score (nSPS) is 22.4. The van der Waals surface area contributed by atoms with Crippen LogP contribution in [0.2, 0.25) is 23.4 Å². The van der Waals surface area contributed by atoms with Gasteiger partial charge in [0, 0.05) is 12.4 Å². The van der Waals surface area contributed by atoms with E-state index in [1.165, 1.54) is 0 Å². The van der Waals surface area contributed by atoms with Crippen molar-refractivity contribution in [1.82, 2.24) is 29.1 Å². The van der Waals surface area contributed by atoms with Crippen LogP contribution in [0.1, 0.15) is 43.7 Å². The molecule has 284 valence electrons. The van der Waals surface area contributed by atoms with Crippen molar-refractivity contribution in [2.45, 2.75) is 74.6 Å². The lowest BCUT2D eigenvalue weighted by molar-refractivity contribution is -0.126. The van der Waals surface area contributed by atoms with E-state index < -0.39 is 44.1 Å². The van der Waals surface area contributed by atoms with Crippen molar-refractivity contribution in [2.75, 3.05) is 12.8 Å². The molecule has 0 amide bonds. The van der Waals surface area contributed by atoms with Crippen molar-refractivity contribution < 1.29 is 23.4 Å². The summed E-state index contributed by atoms with van der Waals surface area (Å²) in [5.74, 6) is 0.876. The number of ether oxygens (including phenoxy) is 4. The number of halogens is 1. The standard InChI is InChI=1S/C40H42ClN7O5SSi/c1-38(2,3)55(5,6)53-32-35(48-24-44-29-33(42)45-36(41)46-34(29)48)50-30-31(40(30,32)52-37(54)47-22-21-43-23-47)51-39(25-13-9-7-10-14-25,26-15-11-8-12-16-26)27-17-19-28(49-4)20-18-27/h7-24,30-32,35H,1-6H3,(H2,42,45,46)/t30-,31?,32?,35-,40+/m1/s1. The van der Waals surface area contributed by atoms with E-state index in [0.717, 1.165) is 22.4 Å². The van der Waals surface area contributed by atoms with Gasteiger partial charge >= 0.3 is 0 Å². The molecule has 5 atom stereocenters. The Balaban J connectivity index is 1.33. The molecule has 1 saturated carbocycles. The number of rotatable bonds is 10. The van der Waals surface area contributed by atoms with Gasteiger partial charge in [0.15, 0.2) is 31.6 Å². The monoisotopic (exact) mass is 795 g/mol. The summed E-state index contributed by atoms with van der Waals surface area (Å²) in [5.41, 5.74) is 7.34. The largest absolute Gasteiger partial charge is 0.497 e. The third-order valence-electron chi connectivity index (χ3n) is 11.1. The lowest BCUT2D eigenvalue weighted by Gasteiger charge is -2.43. The van der Waals surface area contributed by atoms with Crippen LogP contribution in [0.5, 0.6) is 5.75 Å². The van der Waals surface area contributed by atoms with Gasteiger partial charge in [-0.3, -0.25) is 9.13 Å². The summed E-state index contributed by atoms with van der Waals surface area (Å²) in [6.45, 7) is 10.9. The molecule has 0 spiro atoms. The fourth-order valence-corrected chi connectivity index (χ4v) is 8.90. The molecule has 3 aromatic carbocycles. The van der Waals surface area contributed by atoms with Gasteiger partial charge in [0.1, 0.15) is 41.5 Å². The van der Waals surface area contributed by atoms with Gasteiger partial charge in [0.2, 0.25) is 5.28 Å². The Morgan fingerprint density at radius 2 is 1.55 bits per heavy atom. The molecule has 4 heterocycles. The zero-order valence-electron chi connectivity index (χ0n) is 31.3. The van der Waals surface area contributed by atoms with Crippen molar-refractivity contribution >= 4 is 54.3 Å². The van der Waals surface area contributed by atoms with Crippen LogP contribution in [-0.4, -0.2) is 73.6 Å². The Kier molecular flexibility index (Phi) is 9.34. The second-order valence-electron chi connectivity index (χ2n) is 15.3. The molecule has 1 saturated heterocycles. The lowest BCUT2D eigenvalue weighted by Crippen LogP contribution is -2.52. The molecule has 6 aromatic rings. The molecule has 1 aliphatic carbocycles. The fourth-order valence-electron chi connectivity index (χ4n) is 7.19. The molecule has 3 aromatic heterocycles. The third kappa shape index (κ3) is 6.21. The zero-order chi connectivity index (χ0) is 38.8. The first-order chi connectivity index (χ1) is 26.3. The minimum atomic E-state index is -2.59. The van der Waals surface area contributed by atoms with Gasteiger partial charge in [-0.2, -0.15) is 9.97 Å². The van der Waals surface area contributed by atoms with E-state index in [-0.39, 0.29) is 21.3 Å². The molecule has 12 nitrogen and oxygen atoms in total. The van der Waals surface area contributed by atoms with Crippen LogP contribution in [-0.2, 0) is 24.2 Å². The van der Waals surface area contributed by atoms with Gasteiger partial charge < -0.3 is 29.1 Å². The maximum Gasteiger partial charge on any atom is 0.269 e. The van der Waals surface area contributed by atoms with E-state index in [1.54, 1.807) is 41.3 Å². The molecule has 1 aliphatic heterocycles. The molecule has 2 unspecified atom stereocenters. The minimum Gasteiger partial charge on any atom is -0.497 e. The van der Waals surface area contributed by atoms with Gasteiger partial charge in [-0.05, 0) is 70.8 Å². The first-order valence-electron chi connectivity index (χ1n) is 17.9. The van der Waals surface area contributed by atoms with Gasteiger partial charge in [0.05, 0.1) is 13.4 Å². The van der Waals surface area contributed by atoms with Gasteiger partial charge in [-0.1, -0.05) is 93.6 Å². The summed E-state index contributed by atoms with van der Waals surface area (Å²) in [4.78, 5) is 17.4. The predicted octanol–water partition coefficient (Wildman–Crippen LogP) is 7.53. The predicted molar refractivity (Wildman–Crippen MR) is 215 cm³/mol. The Labute approximate surface area is 330 Å². The van der Waals surface area contributed by atoms with Crippen LogP contribution in [0.15, 0.2) is 110 Å². The first-order valence-corrected chi connectivity index (χ1v) is 21.6. The number of methoxy groups -OCH3 is 1. The number of hydrogen-bond donors (Lipinski definition) is 1. The topological polar surface area (TPSA) is 134 Å². The smallest absolute Gasteiger partial charge is 0.269 e. The highest BCUT2D eigenvalue weighted by Gasteiger charge is 2.83. The van der Waals surface area contributed by atoms with Gasteiger partial charge in [-0.15, -0.1) is 0 Å². The van der Waals surface area contributed by atoms with Crippen molar-refractivity contribution in [1.29, 1.82) is 0 Å². The molecule has 0 radical (unpaired) electrons. The average Bonchev–Trinajstić information content (AvgIpc) is 3.67. The summed E-state index contributed by atoms with van der Waals surface area (Å²) < 4.78 is 38.2.